The first-order valence-electron chi connectivity index (χ1n) is 11.0. The zero-order chi connectivity index (χ0) is 24.7. The minimum atomic E-state index is -1.25. The molecule has 5 amide bonds. The van der Waals surface area contributed by atoms with Gasteiger partial charge in [-0.25, -0.2) is 9.18 Å². The van der Waals surface area contributed by atoms with Gasteiger partial charge in [0.15, 0.2) is 0 Å². The Hall–Kier alpha value is -3.79. The number of nitrogens with one attached hydrogen (secondary N) is 3. The third-order valence-corrected chi connectivity index (χ3v) is 5.71. The lowest BCUT2D eigenvalue weighted by atomic mass is 9.87. The molecule has 1 atom stereocenters. The van der Waals surface area contributed by atoms with Crippen molar-refractivity contribution in [2.45, 2.75) is 32.4 Å². The lowest BCUT2D eigenvalue weighted by Crippen LogP contribution is -2.51. The van der Waals surface area contributed by atoms with Crippen LogP contribution in [0.15, 0.2) is 54.6 Å². The monoisotopic (exact) mass is 469 g/mol. The number of imide groups is 1. The fourth-order valence-electron chi connectivity index (χ4n) is 3.74. The van der Waals surface area contributed by atoms with E-state index in [0.717, 1.165) is 5.56 Å². The number of urea groups is 1. The summed E-state index contributed by atoms with van der Waals surface area (Å²) in [4.78, 5) is 52.1. The van der Waals surface area contributed by atoms with Crippen LogP contribution in [0.2, 0.25) is 0 Å². The highest BCUT2D eigenvalue weighted by molar-refractivity contribution is 6.08. The highest BCUT2D eigenvalue weighted by Crippen LogP contribution is 2.31. The molecule has 1 heterocycles. The van der Waals surface area contributed by atoms with Gasteiger partial charge in [-0.2, -0.15) is 5.01 Å². The molecule has 1 unspecified atom stereocenters. The van der Waals surface area contributed by atoms with E-state index in [-0.39, 0.29) is 31.4 Å². The predicted molar refractivity (Wildman–Crippen MR) is 122 cm³/mol. The Kier molecular flexibility index (Phi) is 7.95. The number of halogens is 1. The molecule has 1 saturated heterocycles. The Morgan fingerprint density at radius 2 is 1.65 bits per heavy atom. The Morgan fingerprint density at radius 1 is 1.00 bits per heavy atom. The topological polar surface area (TPSA) is 111 Å². The van der Waals surface area contributed by atoms with Gasteiger partial charge in [-0.1, -0.05) is 56.3 Å². The molecule has 1 aliphatic heterocycles. The molecule has 10 heteroatoms. The third kappa shape index (κ3) is 5.57. The summed E-state index contributed by atoms with van der Waals surface area (Å²) in [5.74, 6) is -1.84. The summed E-state index contributed by atoms with van der Waals surface area (Å²) in [7, 11) is 0. The number of hydrogen-bond acceptors (Lipinski definition) is 5. The van der Waals surface area contributed by atoms with Gasteiger partial charge in [-0.3, -0.25) is 24.7 Å². The first kappa shape index (κ1) is 24.8. The van der Waals surface area contributed by atoms with Crippen LogP contribution in [0.3, 0.4) is 0 Å². The molecule has 0 spiro atoms. The minimum Gasteiger partial charge on any atom is -0.351 e. The second-order valence-corrected chi connectivity index (χ2v) is 7.94. The Balaban J connectivity index is 1.56. The second-order valence-electron chi connectivity index (χ2n) is 7.94. The molecule has 0 radical (unpaired) electrons. The Labute approximate surface area is 197 Å². The van der Waals surface area contributed by atoms with Crippen molar-refractivity contribution < 1.29 is 23.6 Å². The number of nitrogens with zero attached hydrogens (tertiary/aromatic N) is 2. The summed E-state index contributed by atoms with van der Waals surface area (Å²) in [5.41, 5.74) is 2.48. The van der Waals surface area contributed by atoms with E-state index >= 15 is 0 Å². The molecule has 3 N–H and O–H groups in total. The maximum Gasteiger partial charge on any atom is 0.344 e. The average molecular weight is 470 g/mol. The maximum atomic E-state index is 13.1. The van der Waals surface area contributed by atoms with E-state index in [0.29, 0.717) is 23.5 Å². The van der Waals surface area contributed by atoms with Gasteiger partial charge in [0, 0.05) is 6.54 Å². The Morgan fingerprint density at radius 3 is 2.26 bits per heavy atom. The molecule has 3 rings (SSSR count). The summed E-state index contributed by atoms with van der Waals surface area (Å²) in [5, 5.41) is 6.11. The lowest BCUT2D eigenvalue weighted by molar-refractivity contribution is -0.140. The maximum absolute atomic E-state index is 13.1. The summed E-state index contributed by atoms with van der Waals surface area (Å²) in [6.45, 7) is 3.92. The molecule has 1 fully saturated rings. The number of likely N-dealkylation sites (N-methyl/N-ethyl adjacent to an activating group) is 1. The van der Waals surface area contributed by atoms with Crippen LogP contribution in [0.1, 0.15) is 31.4 Å². The number of carbonyl (C=O) groups is 4. The molecule has 9 nitrogen and oxygen atoms in total. The van der Waals surface area contributed by atoms with Gasteiger partial charge in [0.1, 0.15) is 11.4 Å². The Bertz CT molecular complexity index is 1050. The molecule has 0 bridgehead atoms. The van der Waals surface area contributed by atoms with E-state index in [1.165, 1.54) is 12.1 Å². The zero-order valence-corrected chi connectivity index (χ0v) is 19.1. The van der Waals surface area contributed by atoms with Crippen LogP contribution < -0.4 is 16.1 Å². The molecule has 180 valence electrons. The summed E-state index contributed by atoms with van der Waals surface area (Å²) >= 11 is 0. The fourth-order valence-corrected chi connectivity index (χ4v) is 3.74. The molecule has 0 aromatic heterocycles. The smallest absolute Gasteiger partial charge is 0.344 e. The molecular weight excluding hydrogens is 441 g/mol. The van der Waals surface area contributed by atoms with Gasteiger partial charge in [0.05, 0.1) is 13.1 Å². The molecule has 2 aromatic carbocycles. The molecule has 1 aliphatic rings. The largest absolute Gasteiger partial charge is 0.351 e. The van der Waals surface area contributed by atoms with Crippen LogP contribution in [0, 0.1) is 5.82 Å². The number of hydrogen-bond donors (Lipinski definition) is 3. The summed E-state index contributed by atoms with van der Waals surface area (Å²) < 4.78 is 13.0. The van der Waals surface area contributed by atoms with E-state index in [1.54, 1.807) is 55.1 Å². The van der Waals surface area contributed by atoms with E-state index in [4.69, 9.17) is 0 Å². The average Bonchev–Trinajstić information content (AvgIpc) is 3.09. The first-order valence-corrected chi connectivity index (χ1v) is 11.0. The van der Waals surface area contributed by atoms with Crippen LogP contribution >= 0.6 is 0 Å². The second kappa shape index (κ2) is 10.9. The fraction of sp³-hybridized carbons (Fsp3) is 0.333. The van der Waals surface area contributed by atoms with Crippen molar-refractivity contribution in [2.75, 3.05) is 19.6 Å². The van der Waals surface area contributed by atoms with Crippen LogP contribution in [-0.2, 0) is 26.5 Å². The highest BCUT2D eigenvalue weighted by Gasteiger charge is 2.52. The third-order valence-electron chi connectivity index (χ3n) is 5.71. The molecular formula is C24H28FN5O4. The van der Waals surface area contributed by atoms with Crippen LogP contribution in [0.5, 0.6) is 0 Å². The minimum absolute atomic E-state index is 0.0613. The van der Waals surface area contributed by atoms with Crippen LogP contribution in [0.25, 0.3) is 0 Å². The SMILES string of the molecule is CCN(CC(=O)NCc1ccc(F)cc1)CC(=O)NN1C(=O)NC(CC)(c2ccccc2)C1=O. The quantitative estimate of drug-likeness (QED) is 0.459. The molecule has 34 heavy (non-hydrogen) atoms. The first-order chi connectivity index (χ1) is 16.3. The van der Waals surface area contributed by atoms with Crippen molar-refractivity contribution in [3.05, 3.63) is 71.5 Å². The van der Waals surface area contributed by atoms with Gasteiger partial charge in [-0.15, -0.1) is 0 Å². The van der Waals surface area contributed by atoms with Crippen LogP contribution in [-0.4, -0.2) is 53.3 Å². The molecule has 2 aromatic rings. The van der Waals surface area contributed by atoms with Gasteiger partial charge >= 0.3 is 6.03 Å². The molecule has 0 aliphatic carbocycles. The van der Waals surface area contributed by atoms with Gasteiger partial charge < -0.3 is 10.6 Å². The van der Waals surface area contributed by atoms with E-state index in [1.807, 2.05) is 6.07 Å². The van der Waals surface area contributed by atoms with Crippen molar-refractivity contribution in [2.24, 2.45) is 0 Å². The van der Waals surface area contributed by atoms with Gasteiger partial charge in [-0.05, 0) is 36.2 Å². The number of rotatable bonds is 10. The number of amides is 5. The van der Waals surface area contributed by atoms with Gasteiger partial charge in [0.25, 0.3) is 11.8 Å². The predicted octanol–water partition coefficient (Wildman–Crippen LogP) is 1.65. The van der Waals surface area contributed by atoms with E-state index in [2.05, 4.69) is 16.1 Å². The highest BCUT2D eigenvalue weighted by atomic mass is 19.1. The zero-order valence-electron chi connectivity index (χ0n) is 19.1. The van der Waals surface area contributed by atoms with Crippen molar-refractivity contribution >= 4 is 23.8 Å². The van der Waals surface area contributed by atoms with E-state index in [9.17, 15) is 23.6 Å². The molecule has 0 saturated carbocycles. The normalized spacial score (nSPS) is 17.6. The standard InChI is InChI=1S/C24H28FN5O4/c1-3-24(18-8-6-5-7-9-18)22(33)30(23(34)27-24)28-21(32)16-29(4-2)15-20(31)26-14-17-10-12-19(25)13-11-17/h5-13H,3-4,14-16H2,1-2H3,(H,26,31)(H,27,34)(H,28,32). The van der Waals surface area contributed by atoms with Gasteiger partial charge in [0.2, 0.25) is 5.91 Å². The summed E-state index contributed by atoms with van der Waals surface area (Å²) in [6.07, 6.45) is 0.309. The van der Waals surface area contributed by atoms with Crippen molar-refractivity contribution in [1.29, 1.82) is 0 Å². The number of benzene rings is 2. The van der Waals surface area contributed by atoms with Crippen LogP contribution in [0.4, 0.5) is 9.18 Å². The van der Waals surface area contributed by atoms with Crippen molar-refractivity contribution in [3.63, 3.8) is 0 Å². The van der Waals surface area contributed by atoms with E-state index < -0.39 is 23.4 Å². The van der Waals surface area contributed by atoms with Crippen molar-refractivity contribution in [3.8, 4) is 0 Å². The number of carbonyl (C=O) groups excluding carboxylic acids is 4. The summed E-state index contributed by atoms with van der Waals surface area (Å²) in [6, 6.07) is 13.9. The van der Waals surface area contributed by atoms with Crippen molar-refractivity contribution in [1.82, 2.24) is 26.0 Å². The number of hydrazine groups is 1. The lowest BCUT2D eigenvalue weighted by Gasteiger charge is -2.26.